The van der Waals surface area contributed by atoms with Gasteiger partial charge in [-0.15, -0.1) is 9.93 Å². The Hall–Kier alpha value is -0.970. The lowest BCUT2D eigenvalue weighted by Crippen LogP contribution is -2.32. The minimum atomic E-state index is -2.03. The molecule has 2 amide bonds. The van der Waals surface area contributed by atoms with Crippen molar-refractivity contribution in [1.29, 1.82) is 0 Å². The van der Waals surface area contributed by atoms with Crippen molar-refractivity contribution in [2.24, 2.45) is 0 Å². The first kappa shape index (κ1) is 11.1. The lowest BCUT2D eigenvalue weighted by Gasteiger charge is -2.16. The van der Waals surface area contributed by atoms with Gasteiger partial charge in [0.2, 0.25) is 0 Å². The Labute approximate surface area is 84.4 Å². The van der Waals surface area contributed by atoms with Gasteiger partial charge in [0.25, 0.3) is 11.8 Å². The molecule has 0 aliphatic carbocycles. The van der Waals surface area contributed by atoms with E-state index in [-0.39, 0.29) is 11.8 Å². The van der Waals surface area contributed by atoms with E-state index in [4.69, 9.17) is 0 Å². The van der Waals surface area contributed by atoms with Gasteiger partial charge in [-0.05, 0) is 18.9 Å². The van der Waals surface area contributed by atoms with Crippen LogP contribution in [0.5, 0.6) is 0 Å². The van der Waals surface area contributed by atoms with E-state index in [1.807, 2.05) is 0 Å². The van der Waals surface area contributed by atoms with Gasteiger partial charge in [-0.1, -0.05) is 0 Å². The number of nitrogens with zero attached hydrogens (tertiary/aromatic N) is 1. The highest BCUT2D eigenvalue weighted by Gasteiger charge is 2.22. The van der Waals surface area contributed by atoms with Crippen molar-refractivity contribution in [1.82, 2.24) is 4.90 Å². The van der Waals surface area contributed by atoms with Gasteiger partial charge in [-0.3, -0.25) is 18.7 Å². The molecule has 0 radical (unpaired) electrons. The Morgan fingerprint density at radius 2 is 1.71 bits per heavy atom. The van der Waals surface area contributed by atoms with Gasteiger partial charge in [0.05, 0.1) is 0 Å². The SMILES string of the molecule is C[SH](C)(=O)CCCN1C(=O)C=CC1=O. The highest BCUT2D eigenvalue weighted by atomic mass is 32.2. The van der Waals surface area contributed by atoms with Gasteiger partial charge in [-0.2, -0.15) is 0 Å². The van der Waals surface area contributed by atoms with E-state index < -0.39 is 9.93 Å². The highest BCUT2D eigenvalue weighted by Crippen LogP contribution is 2.05. The molecule has 5 heteroatoms. The average molecular weight is 217 g/mol. The quantitative estimate of drug-likeness (QED) is 0.514. The molecule has 0 fully saturated rings. The molecular weight excluding hydrogens is 202 g/mol. The van der Waals surface area contributed by atoms with Crippen LogP contribution in [0, 0.1) is 0 Å². The van der Waals surface area contributed by atoms with E-state index in [0.717, 1.165) is 0 Å². The molecule has 0 spiro atoms. The second kappa shape index (κ2) is 4.04. The van der Waals surface area contributed by atoms with E-state index in [2.05, 4.69) is 0 Å². The third-order valence-electron chi connectivity index (χ3n) is 1.98. The third kappa shape index (κ3) is 3.06. The summed E-state index contributed by atoms with van der Waals surface area (Å²) in [5.41, 5.74) is 0. The first-order valence-electron chi connectivity index (χ1n) is 4.48. The normalized spacial score (nSPS) is 18.0. The van der Waals surface area contributed by atoms with Gasteiger partial charge in [0.1, 0.15) is 0 Å². The van der Waals surface area contributed by atoms with E-state index >= 15 is 0 Å². The Morgan fingerprint density at radius 3 is 2.14 bits per heavy atom. The maximum Gasteiger partial charge on any atom is 0.253 e. The van der Waals surface area contributed by atoms with Gasteiger partial charge >= 0.3 is 0 Å². The fourth-order valence-electron chi connectivity index (χ4n) is 1.26. The van der Waals surface area contributed by atoms with Crippen LogP contribution in [0.4, 0.5) is 0 Å². The summed E-state index contributed by atoms with van der Waals surface area (Å²) in [5.74, 6) is 0.0402. The lowest BCUT2D eigenvalue weighted by molar-refractivity contribution is -0.136. The van der Waals surface area contributed by atoms with Crippen LogP contribution >= 0.6 is 0 Å². The molecular formula is C9H15NO3S. The van der Waals surface area contributed by atoms with Crippen LogP contribution in [-0.4, -0.2) is 45.7 Å². The van der Waals surface area contributed by atoms with Crippen LogP contribution in [0.25, 0.3) is 0 Å². The first-order chi connectivity index (χ1) is 6.40. The number of carbonyl (C=O) groups is 2. The van der Waals surface area contributed by atoms with Crippen molar-refractivity contribution in [3.05, 3.63) is 12.2 Å². The molecule has 4 nitrogen and oxygen atoms in total. The standard InChI is InChI=1S/C9H15NO3S/c1-14(2,13)7-3-6-10-8(11)4-5-9(10)12/h4-5,14H,3,6-7H2,1-2H3. The number of carbonyl (C=O) groups excluding carboxylic acids is 2. The summed E-state index contributed by atoms with van der Waals surface area (Å²) in [6.45, 7) is 0.371. The molecule has 1 aliphatic rings. The largest absolute Gasteiger partial charge is 0.285 e. The predicted molar refractivity (Wildman–Crippen MR) is 56.7 cm³/mol. The summed E-state index contributed by atoms with van der Waals surface area (Å²) in [6.07, 6.45) is 6.56. The fourth-order valence-corrected chi connectivity index (χ4v) is 2.16. The smallest absolute Gasteiger partial charge is 0.253 e. The van der Waals surface area contributed by atoms with Crippen molar-refractivity contribution in [3.63, 3.8) is 0 Å². The van der Waals surface area contributed by atoms with E-state index in [0.29, 0.717) is 18.7 Å². The predicted octanol–water partition coefficient (Wildman–Crippen LogP) is -0.422. The zero-order valence-corrected chi connectivity index (χ0v) is 9.29. The maximum absolute atomic E-state index is 11.3. The van der Waals surface area contributed by atoms with E-state index in [9.17, 15) is 13.8 Å². The van der Waals surface area contributed by atoms with Crippen LogP contribution in [0.15, 0.2) is 12.2 Å². The van der Waals surface area contributed by atoms with Gasteiger partial charge < -0.3 is 0 Å². The van der Waals surface area contributed by atoms with Crippen LogP contribution in [-0.2, 0) is 19.5 Å². The van der Waals surface area contributed by atoms with Crippen LogP contribution in [0.2, 0.25) is 0 Å². The second-order valence-electron chi connectivity index (χ2n) is 3.81. The van der Waals surface area contributed by atoms with Gasteiger partial charge in [0.15, 0.2) is 0 Å². The van der Waals surface area contributed by atoms with Crippen LogP contribution < -0.4 is 0 Å². The van der Waals surface area contributed by atoms with Crippen molar-refractivity contribution >= 4 is 21.7 Å². The average Bonchev–Trinajstić information content (AvgIpc) is 2.33. The summed E-state index contributed by atoms with van der Waals surface area (Å²) in [5, 5.41) is 0. The Morgan fingerprint density at radius 1 is 1.21 bits per heavy atom. The summed E-state index contributed by atoms with van der Waals surface area (Å²) < 4.78 is 11.3. The van der Waals surface area contributed by atoms with Crippen LogP contribution in [0.1, 0.15) is 6.42 Å². The number of rotatable bonds is 4. The molecule has 0 atom stereocenters. The fraction of sp³-hybridized carbons (Fsp3) is 0.556. The summed E-state index contributed by atoms with van der Waals surface area (Å²) in [7, 11) is -2.03. The Bertz CT molecular complexity index is 311. The molecule has 1 heterocycles. The van der Waals surface area contributed by atoms with Gasteiger partial charge in [0, 0.05) is 24.4 Å². The number of amides is 2. The summed E-state index contributed by atoms with van der Waals surface area (Å²) in [4.78, 5) is 23.4. The molecule has 0 saturated heterocycles. The molecule has 0 unspecified atom stereocenters. The monoisotopic (exact) mass is 217 g/mol. The molecule has 1 rings (SSSR count). The molecule has 0 aromatic heterocycles. The number of hydrogen-bond acceptors (Lipinski definition) is 3. The molecule has 0 N–H and O–H groups in total. The topological polar surface area (TPSA) is 54.5 Å². The minimum Gasteiger partial charge on any atom is -0.285 e. The minimum absolute atomic E-state index is 0.267. The van der Waals surface area contributed by atoms with Gasteiger partial charge in [-0.25, -0.2) is 0 Å². The zero-order valence-electron chi connectivity index (χ0n) is 8.40. The van der Waals surface area contributed by atoms with E-state index in [1.54, 1.807) is 12.5 Å². The number of imide groups is 1. The summed E-state index contributed by atoms with van der Waals surface area (Å²) in [6, 6.07) is 0. The number of hydrogen-bond donors (Lipinski definition) is 1. The first-order valence-corrected chi connectivity index (χ1v) is 7.26. The highest BCUT2D eigenvalue weighted by molar-refractivity contribution is 8.01. The molecule has 14 heavy (non-hydrogen) atoms. The van der Waals surface area contributed by atoms with E-state index in [1.165, 1.54) is 17.1 Å². The van der Waals surface area contributed by atoms with Crippen molar-refractivity contribution < 1.29 is 13.8 Å². The van der Waals surface area contributed by atoms with Crippen molar-refractivity contribution in [2.75, 3.05) is 24.8 Å². The number of thiol groups is 1. The third-order valence-corrected chi connectivity index (χ3v) is 3.37. The van der Waals surface area contributed by atoms with Crippen LogP contribution in [0.3, 0.4) is 0 Å². The van der Waals surface area contributed by atoms with Crippen molar-refractivity contribution in [3.8, 4) is 0 Å². The molecule has 0 aromatic rings. The maximum atomic E-state index is 11.3. The molecule has 0 saturated carbocycles. The molecule has 0 bridgehead atoms. The molecule has 1 aliphatic heterocycles. The molecule has 0 aromatic carbocycles. The van der Waals surface area contributed by atoms with Crippen molar-refractivity contribution in [2.45, 2.75) is 6.42 Å². The second-order valence-corrected chi connectivity index (χ2v) is 7.41. The zero-order chi connectivity index (χ0) is 10.8. The Balaban J connectivity index is 2.36. The summed E-state index contributed by atoms with van der Waals surface area (Å²) >= 11 is 0. The lowest BCUT2D eigenvalue weighted by atomic mass is 10.4. The molecule has 80 valence electrons. The Kier molecular flexibility index (Phi) is 3.21.